The van der Waals surface area contributed by atoms with Crippen LogP contribution in [0.25, 0.3) is 0 Å². The van der Waals surface area contributed by atoms with Crippen molar-refractivity contribution in [2.24, 2.45) is 0 Å². The summed E-state index contributed by atoms with van der Waals surface area (Å²) in [5, 5.41) is 11.9. The molecule has 0 saturated carbocycles. The molecule has 5 nitrogen and oxygen atoms in total. The largest absolute Gasteiger partial charge is 0.395 e. The van der Waals surface area contributed by atoms with E-state index in [0.29, 0.717) is 11.6 Å². The standard InChI is InChI=1S/C12H20F2N4O/c1-3-15-11-6-9(2)16-12(17-11)8-18(4-5-19)7-10(13)14/h6,10,19H,3-5,7-8H2,1-2H3,(H,15,16,17). The van der Waals surface area contributed by atoms with Gasteiger partial charge in [-0.3, -0.25) is 4.90 Å². The van der Waals surface area contributed by atoms with E-state index in [0.717, 1.165) is 12.2 Å². The molecule has 0 aliphatic carbocycles. The highest BCUT2D eigenvalue weighted by Crippen LogP contribution is 2.09. The predicted molar refractivity (Wildman–Crippen MR) is 69.3 cm³/mol. The monoisotopic (exact) mass is 274 g/mol. The molecule has 19 heavy (non-hydrogen) atoms. The van der Waals surface area contributed by atoms with Gasteiger partial charge in [-0.1, -0.05) is 0 Å². The molecule has 0 fully saturated rings. The number of aliphatic hydroxyl groups is 1. The van der Waals surface area contributed by atoms with Crippen molar-refractivity contribution >= 4 is 5.82 Å². The fourth-order valence-corrected chi connectivity index (χ4v) is 1.74. The number of anilines is 1. The van der Waals surface area contributed by atoms with Crippen LogP contribution in [-0.2, 0) is 6.54 Å². The second-order valence-electron chi connectivity index (χ2n) is 4.19. The molecular weight excluding hydrogens is 254 g/mol. The lowest BCUT2D eigenvalue weighted by molar-refractivity contribution is 0.0734. The molecule has 0 aliphatic heterocycles. The van der Waals surface area contributed by atoms with Gasteiger partial charge in [0.2, 0.25) is 0 Å². The van der Waals surface area contributed by atoms with Crippen LogP contribution in [0.1, 0.15) is 18.4 Å². The smallest absolute Gasteiger partial charge is 0.251 e. The summed E-state index contributed by atoms with van der Waals surface area (Å²) in [6.07, 6.45) is -2.44. The first-order valence-electron chi connectivity index (χ1n) is 6.25. The summed E-state index contributed by atoms with van der Waals surface area (Å²) in [7, 11) is 0. The Morgan fingerprint density at radius 2 is 2.16 bits per heavy atom. The topological polar surface area (TPSA) is 61.3 Å². The summed E-state index contributed by atoms with van der Waals surface area (Å²) < 4.78 is 24.8. The molecule has 1 heterocycles. The zero-order chi connectivity index (χ0) is 14.3. The molecule has 0 aromatic carbocycles. The fourth-order valence-electron chi connectivity index (χ4n) is 1.74. The van der Waals surface area contributed by atoms with Gasteiger partial charge in [0.1, 0.15) is 11.6 Å². The third kappa shape index (κ3) is 5.89. The van der Waals surface area contributed by atoms with E-state index in [1.165, 1.54) is 4.90 Å². The lowest BCUT2D eigenvalue weighted by atomic mass is 10.3. The number of hydrogen-bond donors (Lipinski definition) is 2. The molecule has 0 spiro atoms. The van der Waals surface area contributed by atoms with Crippen molar-refractivity contribution in [3.05, 3.63) is 17.6 Å². The highest BCUT2D eigenvalue weighted by atomic mass is 19.3. The first kappa shape index (κ1) is 15.7. The van der Waals surface area contributed by atoms with Crippen LogP contribution in [0.4, 0.5) is 14.6 Å². The van der Waals surface area contributed by atoms with E-state index in [1.807, 2.05) is 13.8 Å². The number of alkyl halides is 2. The summed E-state index contributed by atoms with van der Waals surface area (Å²) in [6, 6.07) is 1.80. The van der Waals surface area contributed by atoms with Crippen LogP contribution in [-0.4, -0.2) is 52.6 Å². The minimum atomic E-state index is -2.44. The first-order chi connectivity index (χ1) is 9.05. The highest BCUT2D eigenvalue weighted by molar-refractivity contribution is 5.35. The minimum absolute atomic E-state index is 0.168. The van der Waals surface area contributed by atoms with Gasteiger partial charge in [-0.15, -0.1) is 0 Å². The van der Waals surface area contributed by atoms with Gasteiger partial charge < -0.3 is 10.4 Å². The molecule has 0 atom stereocenters. The van der Waals surface area contributed by atoms with E-state index < -0.39 is 13.0 Å². The van der Waals surface area contributed by atoms with Crippen molar-refractivity contribution in [3.63, 3.8) is 0 Å². The minimum Gasteiger partial charge on any atom is -0.395 e. The van der Waals surface area contributed by atoms with Crippen LogP contribution >= 0.6 is 0 Å². The van der Waals surface area contributed by atoms with Gasteiger partial charge in [-0.2, -0.15) is 0 Å². The number of hydrogen-bond acceptors (Lipinski definition) is 5. The second kappa shape index (κ2) is 7.96. The molecule has 1 rings (SSSR count). The van der Waals surface area contributed by atoms with E-state index in [-0.39, 0.29) is 19.7 Å². The number of rotatable bonds is 8. The third-order valence-electron chi connectivity index (χ3n) is 2.44. The summed E-state index contributed by atoms with van der Waals surface area (Å²) in [4.78, 5) is 9.93. The second-order valence-corrected chi connectivity index (χ2v) is 4.19. The summed E-state index contributed by atoms with van der Waals surface area (Å²) in [6.45, 7) is 4.32. The molecule has 0 radical (unpaired) electrons. The third-order valence-corrected chi connectivity index (χ3v) is 2.44. The summed E-state index contributed by atoms with van der Waals surface area (Å²) in [5.41, 5.74) is 0.780. The number of nitrogens with one attached hydrogen (secondary N) is 1. The molecule has 7 heteroatoms. The van der Waals surface area contributed by atoms with Crippen LogP contribution in [0.15, 0.2) is 6.07 Å². The summed E-state index contributed by atoms with van der Waals surface area (Å²) in [5.74, 6) is 1.16. The van der Waals surface area contributed by atoms with Crippen molar-refractivity contribution in [1.82, 2.24) is 14.9 Å². The Labute approximate surface area is 111 Å². The van der Waals surface area contributed by atoms with Gasteiger partial charge in [0.25, 0.3) is 6.43 Å². The highest BCUT2D eigenvalue weighted by Gasteiger charge is 2.14. The SMILES string of the molecule is CCNc1cc(C)nc(CN(CCO)CC(F)F)n1. The van der Waals surface area contributed by atoms with E-state index >= 15 is 0 Å². The number of halogens is 2. The Kier molecular flexibility index (Phi) is 6.58. The predicted octanol–water partition coefficient (Wildman–Crippen LogP) is 1.28. The molecule has 0 amide bonds. The van der Waals surface area contributed by atoms with Gasteiger partial charge in [0.15, 0.2) is 0 Å². The molecule has 0 unspecified atom stereocenters. The molecular formula is C12H20F2N4O. The fraction of sp³-hybridized carbons (Fsp3) is 0.667. The Balaban J connectivity index is 2.76. The van der Waals surface area contributed by atoms with Crippen LogP contribution < -0.4 is 5.32 Å². The van der Waals surface area contributed by atoms with Crippen molar-refractivity contribution in [1.29, 1.82) is 0 Å². The lowest BCUT2D eigenvalue weighted by Crippen LogP contribution is -2.32. The molecule has 108 valence electrons. The van der Waals surface area contributed by atoms with E-state index in [9.17, 15) is 8.78 Å². The maximum Gasteiger partial charge on any atom is 0.251 e. The molecule has 0 saturated heterocycles. The maximum absolute atomic E-state index is 12.4. The Morgan fingerprint density at radius 1 is 1.42 bits per heavy atom. The van der Waals surface area contributed by atoms with E-state index in [2.05, 4.69) is 15.3 Å². The zero-order valence-electron chi connectivity index (χ0n) is 11.2. The van der Waals surface area contributed by atoms with Gasteiger partial charge in [-0.25, -0.2) is 18.7 Å². The van der Waals surface area contributed by atoms with Crippen LogP contribution in [0.3, 0.4) is 0 Å². The van der Waals surface area contributed by atoms with E-state index in [1.54, 1.807) is 6.07 Å². The lowest BCUT2D eigenvalue weighted by Gasteiger charge is -2.20. The first-order valence-corrected chi connectivity index (χ1v) is 6.25. The molecule has 2 N–H and O–H groups in total. The van der Waals surface area contributed by atoms with Crippen LogP contribution in [0, 0.1) is 6.92 Å². The Hall–Kier alpha value is -1.34. The van der Waals surface area contributed by atoms with Crippen molar-refractivity contribution < 1.29 is 13.9 Å². The number of aryl methyl sites for hydroxylation is 1. The van der Waals surface area contributed by atoms with Gasteiger partial charge >= 0.3 is 0 Å². The van der Waals surface area contributed by atoms with Crippen LogP contribution in [0.5, 0.6) is 0 Å². The number of aromatic nitrogens is 2. The molecule has 0 aliphatic rings. The van der Waals surface area contributed by atoms with Gasteiger partial charge in [-0.05, 0) is 13.8 Å². The zero-order valence-corrected chi connectivity index (χ0v) is 11.2. The molecule has 0 bridgehead atoms. The molecule has 1 aromatic heterocycles. The number of aliphatic hydroxyl groups excluding tert-OH is 1. The van der Waals surface area contributed by atoms with Gasteiger partial charge in [0, 0.05) is 24.8 Å². The van der Waals surface area contributed by atoms with Crippen LogP contribution in [0.2, 0.25) is 0 Å². The molecule has 1 aromatic rings. The normalized spacial score (nSPS) is 11.3. The van der Waals surface area contributed by atoms with Crippen molar-refractivity contribution in [2.75, 3.05) is 31.6 Å². The van der Waals surface area contributed by atoms with E-state index in [4.69, 9.17) is 5.11 Å². The van der Waals surface area contributed by atoms with Crippen molar-refractivity contribution in [3.8, 4) is 0 Å². The Morgan fingerprint density at radius 3 is 2.74 bits per heavy atom. The Bertz CT molecular complexity index is 390. The quantitative estimate of drug-likeness (QED) is 0.747. The number of nitrogens with zero attached hydrogens (tertiary/aromatic N) is 3. The average Bonchev–Trinajstić information content (AvgIpc) is 2.27. The van der Waals surface area contributed by atoms with Gasteiger partial charge in [0.05, 0.1) is 19.7 Å². The average molecular weight is 274 g/mol. The van der Waals surface area contributed by atoms with Crippen molar-refractivity contribution in [2.45, 2.75) is 26.8 Å². The summed E-state index contributed by atoms with van der Waals surface area (Å²) >= 11 is 0. The maximum atomic E-state index is 12.4.